The van der Waals surface area contributed by atoms with Crippen LogP contribution in [0.15, 0.2) is 24.3 Å². The van der Waals surface area contributed by atoms with E-state index < -0.39 is 0 Å². The van der Waals surface area contributed by atoms with Crippen LogP contribution in [-0.2, 0) is 9.59 Å². The minimum absolute atomic E-state index is 0.0105. The Morgan fingerprint density at radius 2 is 1.95 bits per heavy atom. The summed E-state index contributed by atoms with van der Waals surface area (Å²) < 4.78 is 5.19. The Morgan fingerprint density at radius 1 is 1.24 bits per heavy atom. The monoisotopic (exact) mass is 290 g/mol. The van der Waals surface area contributed by atoms with E-state index >= 15 is 0 Å². The van der Waals surface area contributed by atoms with Crippen LogP contribution in [0.2, 0.25) is 0 Å². The molecule has 1 fully saturated rings. The largest absolute Gasteiger partial charge is 0.495 e. The highest BCUT2D eigenvalue weighted by Gasteiger charge is 2.47. The molecule has 2 rings (SSSR count). The Morgan fingerprint density at radius 3 is 2.67 bits per heavy atom. The van der Waals surface area contributed by atoms with Gasteiger partial charge < -0.3 is 15.4 Å². The fourth-order valence-corrected chi connectivity index (χ4v) is 2.27. The number of benzene rings is 1. The maximum absolute atomic E-state index is 12.1. The highest BCUT2D eigenvalue weighted by atomic mass is 16.5. The van der Waals surface area contributed by atoms with Crippen molar-refractivity contribution in [1.29, 1.82) is 0 Å². The van der Waals surface area contributed by atoms with Crippen molar-refractivity contribution < 1.29 is 14.3 Å². The van der Waals surface area contributed by atoms with Crippen LogP contribution in [0.5, 0.6) is 5.75 Å². The number of nitrogens with one attached hydrogen (secondary N) is 2. The van der Waals surface area contributed by atoms with E-state index in [-0.39, 0.29) is 23.7 Å². The first-order chi connectivity index (χ1) is 10.2. The van der Waals surface area contributed by atoms with E-state index in [4.69, 9.17) is 4.74 Å². The molecule has 1 saturated carbocycles. The summed E-state index contributed by atoms with van der Waals surface area (Å²) >= 11 is 0. The molecule has 0 aromatic heterocycles. The van der Waals surface area contributed by atoms with Crippen molar-refractivity contribution in [2.45, 2.75) is 26.2 Å². The Balaban J connectivity index is 1.84. The van der Waals surface area contributed by atoms with Crippen LogP contribution in [0, 0.1) is 11.8 Å². The van der Waals surface area contributed by atoms with Crippen molar-refractivity contribution in [3.63, 3.8) is 0 Å². The maximum atomic E-state index is 12.1. The van der Waals surface area contributed by atoms with E-state index in [1.54, 1.807) is 19.2 Å². The molecule has 2 N–H and O–H groups in total. The van der Waals surface area contributed by atoms with Crippen LogP contribution in [0.1, 0.15) is 26.2 Å². The summed E-state index contributed by atoms with van der Waals surface area (Å²) in [6.07, 6.45) is 2.64. The quantitative estimate of drug-likeness (QED) is 0.756. The second-order valence-corrected chi connectivity index (χ2v) is 5.28. The fraction of sp³-hybridized carbons (Fsp3) is 0.500. The predicted octanol–water partition coefficient (Wildman–Crippen LogP) is 2.19. The molecule has 1 aromatic rings. The Kier molecular flexibility index (Phi) is 5.20. The molecule has 0 saturated heterocycles. The maximum Gasteiger partial charge on any atom is 0.228 e. The van der Waals surface area contributed by atoms with Crippen molar-refractivity contribution in [3.05, 3.63) is 24.3 Å². The van der Waals surface area contributed by atoms with Crippen LogP contribution in [-0.4, -0.2) is 25.5 Å². The summed E-state index contributed by atoms with van der Waals surface area (Å²) in [7, 11) is 1.56. The number of hydrogen-bond acceptors (Lipinski definition) is 3. The molecule has 0 bridgehead atoms. The lowest BCUT2D eigenvalue weighted by atomic mass is 10.2. The minimum Gasteiger partial charge on any atom is -0.495 e. The van der Waals surface area contributed by atoms with Gasteiger partial charge in [-0.25, -0.2) is 0 Å². The number of hydrogen-bond donors (Lipinski definition) is 2. The van der Waals surface area contributed by atoms with Gasteiger partial charge in [-0.2, -0.15) is 0 Å². The molecule has 1 aliphatic rings. The molecule has 0 aliphatic heterocycles. The molecule has 0 spiro atoms. The van der Waals surface area contributed by atoms with Gasteiger partial charge in [-0.05, 0) is 25.0 Å². The lowest BCUT2D eigenvalue weighted by molar-refractivity contribution is -0.125. The zero-order valence-electron chi connectivity index (χ0n) is 12.5. The van der Waals surface area contributed by atoms with Gasteiger partial charge in [0.2, 0.25) is 11.8 Å². The summed E-state index contributed by atoms with van der Waals surface area (Å²) in [5.74, 6) is 0.0855. The van der Waals surface area contributed by atoms with Gasteiger partial charge in [0.1, 0.15) is 5.75 Å². The first kappa shape index (κ1) is 15.4. The molecule has 1 aromatic carbocycles. The van der Waals surface area contributed by atoms with Gasteiger partial charge in [0, 0.05) is 6.54 Å². The van der Waals surface area contributed by atoms with Crippen molar-refractivity contribution in [2.24, 2.45) is 11.8 Å². The van der Waals surface area contributed by atoms with Gasteiger partial charge in [0.15, 0.2) is 0 Å². The topological polar surface area (TPSA) is 67.4 Å². The molecule has 2 atom stereocenters. The van der Waals surface area contributed by atoms with Crippen LogP contribution in [0.3, 0.4) is 0 Å². The average molecular weight is 290 g/mol. The SMILES string of the molecule is CCCCNC(=O)C1CC1C(=O)Nc1ccccc1OC. The van der Waals surface area contributed by atoms with Gasteiger partial charge >= 0.3 is 0 Å². The number of unbranched alkanes of at least 4 members (excludes halogenated alkanes) is 1. The van der Waals surface area contributed by atoms with Crippen LogP contribution in [0.4, 0.5) is 5.69 Å². The van der Waals surface area contributed by atoms with Crippen LogP contribution < -0.4 is 15.4 Å². The molecule has 5 heteroatoms. The molecule has 2 amide bonds. The Labute approximate surface area is 125 Å². The highest BCUT2D eigenvalue weighted by molar-refractivity contribution is 6.00. The van der Waals surface area contributed by atoms with Crippen molar-refractivity contribution in [2.75, 3.05) is 19.0 Å². The van der Waals surface area contributed by atoms with E-state index in [1.807, 2.05) is 12.1 Å². The van der Waals surface area contributed by atoms with Gasteiger partial charge in [0.05, 0.1) is 24.6 Å². The lowest BCUT2D eigenvalue weighted by Gasteiger charge is -2.09. The number of carbonyl (C=O) groups excluding carboxylic acids is 2. The molecule has 114 valence electrons. The van der Waals surface area contributed by atoms with Gasteiger partial charge in [-0.1, -0.05) is 25.5 Å². The smallest absolute Gasteiger partial charge is 0.228 e. The molecule has 21 heavy (non-hydrogen) atoms. The van der Waals surface area contributed by atoms with Gasteiger partial charge in [0.25, 0.3) is 0 Å². The average Bonchev–Trinajstić information content (AvgIpc) is 3.28. The summed E-state index contributed by atoms with van der Waals surface area (Å²) in [6.45, 7) is 2.76. The number of amides is 2. The molecule has 5 nitrogen and oxygen atoms in total. The normalized spacial score (nSPS) is 19.7. The third kappa shape index (κ3) is 3.97. The predicted molar refractivity (Wildman–Crippen MR) is 81.1 cm³/mol. The standard InChI is InChI=1S/C16H22N2O3/c1-3-4-9-17-15(19)11-10-12(11)16(20)18-13-7-5-6-8-14(13)21-2/h5-8,11-12H,3-4,9-10H2,1-2H3,(H,17,19)(H,18,20). The summed E-state index contributed by atoms with van der Waals surface area (Å²) in [5.41, 5.74) is 0.641. The highest BCUT2D eigenvalue weighted by Crippen LogP contribution is 2.40. The zero-order chi connectivity index (χ0) is 15.2. The Hall–Kier alpha value is -2.04. The summed E-state index contributed by atoms with van der Waals surface area (Å²) in [4.78, 5) is 24.0. The van der Waals surface area contributed by atoms with E-state index in [9.17, 15) is 9.59 Å². The van der Waals surface area contributed by atoms with Crippen molar-refractivity contribution in [3.8, 4) is 5.75 Å². The van der Waals surface area contributed by atoms with Crippen molar-refractivity contribution >= 4 is 17.5 Å². The second kappa shape index (κ2) is 7.11. The molecular formula is C16H22N2O3. The van der Waals surface area contributed by atoms with E-state index in [1.165, 1.54) is 0 Å². The van der Waals surface area contributed by atoms with Crippen LogP contribution in [0.25, 0.3) is 0 Å². The lowest BCUT2D eigenvalue weighted by Crippen LogP contribution is -2.28. The third-order valence-electron chi connectivity index (χ3n) is 3.66. The number of anilines is 1. The molecule has 2 unspecified atom stereocenters. The van der Waals surface area contributed by atoms with E-state index in [0.29, 0.717) is 24.4 Å². The van der Waals surface area contributed by atoms with Crippen molar-refractivity contribution in [1.82, 2.24) is 5.32 Å². The first-order valence-corrected chi connectivity index (χ1v) is 7.39. The third-order valence-corrected chi connectivity index (χ3v) is 3.66. The number of methoxy groups -OCH3 is 1. The first-order valence-electron chi connectivity index (χ1n) is 7.39. The zero-order valence-corrected chi connectivity index (χ0v) is 12.5. The fourth-order valence-electron chi connectivity index (χ4n) is 2.27. The van der Waals surface area contributed by atoms with E-state index in [0.717, 1.165) is 12.8 Å². The summed E-state index contributed by atoms with van der Waals surface area (Å²) in [5, 5.41) is 5.70. The van der Waals surface area contributed by atoms with Gasteiger partial charge in [-0.15, -0.1) is 0 Å². The van der Waals surface area contributed by atoms with Gasteiger partial charge in [-0.3, -0.25) is 9.59 Å². The Bertz CT molecular complexity index is 516. The summed E-state index contributed by atoms with van der Waals surface area (Å²) in [6, 6.07) is 7.25. The number of carbonyl (C=O) groups is 2. The number of ether oxygens (including phenoxy) is 1. The number of rotatable bonds is 7. The molecular weight excluding hydrogens is 268 g/mol. The van der Waals surface area contributed by atoms with Crippen LogP contribution >= 0.6 is 0 Å². The second-order valence-electron chi connectivity index (χ2n) is 5.28. The minimum atomic E-state index is -0.225. The molecule has 1 aliphatic carbocycles. The molecule has 0 radical (unpaired) electrons. The van der Waals surface area contributed by atoms with E-state index in [2.05, 4.69) is 17.6 Å². The molecule has 0 heterocycles. The number of para-hydroxylation sites is 2.